The van der Waals surface area contributed by atoms with Crippen molar-refractivity contribution in [3.05, 3.63) is 23.3 Å². The summed E-state index contributed by atoms with van der Waals surface area (Å²) in [6, 6.07) is 0. The molecule has 1 atom stereocenters. The van der Waals surface area contributed by atoms with Gasteiger partial charge in [0, 0.05) is 5.75 Å². The van der Waals surface area contributed by atoms with Crippen molar-refractivity contribution in [1.29, 1.82) is 0 Å². The van der Waals surface area contributed by atoms with Gasteiger partial charge >= 0.3 is 0 Å². The Kier molecular flexibility index (Phi) is 22.6. The lowest BCUT2D eigenvalue weighted by atomic mass is 9.95. The van der Waals surface area contributed by atoms with E-state index in [0.29, 0.717) is 5.75 Å². The number of hydrogen-bond acceptors (Lipinski definition) is 5. The number of hydrogen-bond donors (Lipinski definition) is 1. The predicted octanol–water partition coefficient (Wildman–Crippen LogP) is 12.2. The summed E-state index contributed by atoms with van der Waals surface area (Å²) in [4.78, 5) is -1.69. The van der Waals surface area contributed by atoms with Crippen LogP contribution in [-0.2, 0) is 9.37 Å². The molecular formula is C30H50F4O3S2. The second kappa shape index (κ2) is 24.2. The van der Waals surface area contributed by atoms with Crippen molar-refractivity contribution in [3.8, 4) is 0 Å². The molecule has 1 rings (SSSR count). The molecule has 1 unspecified atom stereocenters. The van der Waals surface area contributed by atoms with Gasteiger partial charge in [-0.25, -0.2) is 22.8 Å². The second-order valence-electron chi connectivity index (χ2n) is 10.6. The molecule has 1 N–H and O–H groups in total. The van der Waals surface area contributed by atoms with Crippen LogP contribution in [0.1, 0.15) is 142 Å². The maximum absolute atomic E-state index is 14.6. The number of benzene rings is 1. The quantitative estimate of drug-likeness (QED) is 0.0218. The molecule has 0 bridgehead atoms. The molecule has 0 aliphatic rings. The monoisotopic (exact) mass is 598 g/mol. The van der Waals surface area contributed by atoms with Crippen molar-refractivity contribution in [2.24, 2.45) is 5.92 Å². The Morgan fingerprint density at radius 2 is 0.923 bits per heavy atom. The molecule has 1 aromatic carbocycles. The lowest BCUT2D eigenvalue weighted by Gasteiger charge is -2.18. The van der Waals surface area contributed by atoms with E-state index in [1.807, 2.05) is 0 Å². The minimum atomic E-state index is -1.56. The van der Waals surface area contributed by atoms with E-state index in [4.69, 9.17) is 5.26 Å². The normalized spacial score (nSPS) is 12.4. The summed E-state index contributed by atoms with van der Waals surface area (Å²) < 4.78 is 61.9. The molecule has 228 valence electrons. The maximum atomic E-state index is 14.6. The minimum Gasteiger partial charge on any atom is -0.220 e. The molecule has 0 aliphatic heterocycles. The van der Waals surface area contributed by atoms with Gasteiger partial charge in [0.15, 0.2) is 23.3 Å². The van der Waals surface area contributed by atoms with E-state index in [9.17, 15) is 17.6 Å². The molecule has 0 spiro atoms. The molecule has 0 aliphatic carbocycles. The molecule has 0 heterocycles. The van der Waals surface area contributed by atoms with E-state index in [1.54, 1.807) is 0 Å². The average molecular weight is 599 g/mol. The molecule has 0 fully saturated rings. The molecule has 1 aromatic rings. The first-order chi connectivity index (χ1) is 19.0. The van der Waals surface area contributed by atoms with Gasteiger partial charge in [0.2, 0.25) is 0 Å². The number of unbranched alkanes of at least 4 members (excludes halogenated alkanes) is 16. The van der Waals surface area contributed by atoms with E-state index in [0.717, 1.165) is 50.3 Å². The van der Waals surface area contributed by atoms with Crippen LogP contribution in [0.3, 0.4) is 0 Å². The van der Waals surface area contributed by atoms with Gasteiger partial charge in [-0.15, -0.1) is 16.1 Å². The van der Waals surface area contributed by atoms with Gasteiger partial charge in [0.1, 0.15) is 4.90 Å². The van der Waals surface area contributed by atoms with Crippen LogP contribution in [0.4, 0.5) is 17.6 Å². The highest BCUT2D eigenvalue weighted by Gasteiger charge is 2.27. The SMILES string of the molecule is CCCCCCCCCCCCC(CCCCCCCCCC)CSc1c(F)c(F)c(SOOO)c(F)c1F. The van der Waals surface area contributed by atoms with Gasteiger partial charge in [-0.1, -0.05) is 134 Å². The third-order valence-electron chi connectivity index (χ3n) is 7.23. The summed E-state index contributed by atoms with van der Waals surface area (Å²) in [5.74, 6) is -5.39. The Hall–Kier alpha value is -0.480. The fourth-order valence-corrected chi connectivity index (χ4v) is 6.43. The van der Waals surface area contributed by atoms with Crippen LogP contribution in [0.5, 0.6) is 0 Å². The van der Waals surface area contributed by atoms with Crippen LogP contribution in [0.15, 0.2) is 9.79 Å². The topological polar surface area (TPSA) is 38.7 Å². The summed E-state index contributed by atoms with van der Waals surface area (Å²) in [5, 5.41) is 11.5. The van der Waals surface area contributed by atoms with Crippen LogP contribution in [0.25, 0.3) is 0 Å². The zero-order valence-corrected chi connectivity index (χ0v) is 25.7. The van der Waals surface area contributed by atoms with E-state index in [2.05, 4.69) is 23.2 Å². The largest absolute Gasteiger partial charge is 0.220 e. The van der Waals surface area contributed by atoms with Gasteiger partial charge in [0.25, 0.3) is 0 Å². The Morgan fingerprint density at radius 3 is 1.31 bits per heavy atom. The van der Waals surface area contributed by atoms with E-state index < -0.39 is 33.1 Å². The van der Waals surface area contributed by atoms with E-state index in [-0.39, 0.29) is 18.0 Å². The number of rotatable bonds is 26. The van der Waals surface area contributed by atoms with Crippen LogP contribution < -0.4 is 0 Å². The van der Waals surface area contributed by atoms with Crippen molar-refractivity contribution in [1.82, 2.24) is 0 Å². The molecule has 3 nitrogen and oxygen atoms in total. The Balaban J connectivity index is 2.59. The molecule has 0 aromatic heterocycles. The predicted molar refractivity (Wildman–Crippen MR) is 155 cm³/mol. The second-order valence-corrected chi connectivity index (χ2v) is 12.3. The summed E-state index contributed by atoms with van der Waals surface area (Å²) in [6.07, 6.45) is 24.0. The van der Waals surface area contributed by atoms with Crippen LogP contribution >= 0.6 is 23.8 Å². The minimum absolute atomic E-state index is 0.131. The highest BCUT2D eigenvalue weighted by atomic mass is 32.2. The van der Waals surface area contributed by atoms with Gasteiger partial charge in [-0.2, -0.15) is 0 Å². The summed E-state index contributed by atoms with van der Waals surface area (Å²) in [7, 11) is 0. The highest BCUT2D eigenvalue weighted by Crippen LogP contribution is 2.38. The van der Waals surface area contributed by atoms with E-state index >= 15 is 0 Å². The summed E-state index contributed by atoms with van der Waals surface area (Å²) in [6.45, 7) is 4.44. The third-order valence-corrected chi connectivity index (χ3v) is 9.16. The van der Waals surface area contributed by atoms with Gasteiger partial charge < -0.3 is 0 Å². The van der Waals surface area contributed by atoms with Gasteiger partial charge in [-0.05, 0) is 18.8 Å². The van der Waals surface area contributed by atoms with Crippen molar-refractivity contribution in [2.75, 3.05) is 5.75 Å². The first-order valence-electron chi connectivity index (χ1n) is 15.1. The van der Waals surface area contributed by atoms with Crippen LogP contribution in [0.2, 0.25) is 0 Å². The smallest absolute Gasteiger partial charge is 0.179 e. The van der Waals surface area contributed by atoms with Gasteiger partial charge in [-0.3, -0.25) is 0 Å². The fourth-order valence-electron chi connectivity index (χ4n) is 4.84. The Labute approximate surface area is 242 Å². The van der Waals surface area contributed by atoms with Gasteiger partial charge in [0.05, 0.1) is 16.9 Å². The highest BCUT2D eigenvalue weighted by molar-refractivity contribution is 7.99. The number of halogens is 4. The third kappa shape index (κ3) is 15.9. The van der Waals surface area contributed by atoms with Crippen molar-refractivity contribution >= 4 is 23.8 Å². The maximum Gasteiger partial charge on any atom is 0.179 e. The molecular weight excluding hydrogens is 548 g/mol. The molecule has 0 saturated heterocycles. The lowest BCUT2D eigenvalue weighted by Crippen LogP contribution is -2.07. The summed E-state index contributed by atoms with van der Waals surface area (Å²) >= 11 is 0.710. The Bertz CT molecular complexity index is 726. The van der Waals surface area contributed by atoms with Crippen molar-refractivity contribution in [2.45, 2.75) is 152 Å². The molecule has 39 heavy (non-hydrogen) atoms. The fraction of sp³-hybridized carbons (Fsp3) is 0.800. The van der Waals surface area contributed by atoms with E-state index in [1.165, 1.54) is 89.9 Å². The lowest BCUT2D eigenvalue weighted by molar-refractivity contribution is -0.432. The number of thioether (sulfide) groups is 1. The zero-order chi connectivity index (χ0) is 28.7. The standard InChI is InChI=1S/C30H50F4O3S2/c1-3-5-7-9-11-13-14-16-18-20-22-24(21-19-17-15-12-10-8-6-4-2)23-38-29-25(31)27(33)30(39-37-36-35)28(34)26(29)32/h24,35H,3-23H2,1-2H3. The van der Waals surface area contributed by atoms with Crippen LogP contribution in [0, 0.1) is 29.2 Å². The average Bonchev–Trinajstić information content (AvgIpc) is 2.93. The summed E-state index contributed by atoms with van der Waals surface area (Å²) in [5.41, 5.74) is 0. The molecule has 0 saturated carbocycles. The Morgan fingerprint density at radius 1 is 0.564 bits per heavy atom. The van der Waals surface area contributed by atoms with Crippen molar-refractivity contribution < 1.29 is 32.2 Å². The molecule has 0 radical (unpaired) electrons. The molecule has 9 heteroatoms. The molecule has 0 amide bonds. The first-order valence-corrected chi connectivity index (χ1v) is 16.8. The first kappa shape index (κ1) is 36.5. The van der Waals surface area contributed by atoms with Crippen LogP contribution in [-0.4, -0.2) is 11.0 Å². The van der Waals surface area contributed by atoms with Crippen molar-refractivity contribution in [3.63, 3.8) is 0 Å². The zero-order valence-electron chi connectivity index (χ0n) is 24.0.